The highest BCUT2D eigenvalue weighted by atomic mass is 16.5. The standard InChI is InChI=1S/C17H21NO7/c1-23-14(20)10-12(16(21)24-2)15(17(22)25-3)18-13(19)9-11-7-5-4-6-8-11/h4-8,12,15H,9-10H2,1-3H3,(H,18,19)/t12-,15+/m0/s1. The van der Waals surface area contributed by atoms with Crippen molar-refractivity contribution in [1.82, 2.24) is 5.32 Å². The number of nitrogens with one attached hydrogen (secondary N) is 1. The smallest absolute Gasteiger partial charge is 0.329 e. The van der Waals surface area contributed by atoms with E-state index in [-0.39, 0.29) is 6.42 Å². The van der Waals surface area contributed by atoms with Gasteiger partial charge in [0.2, 0.25) is 5.91 Å². The summed E-state index contributed by atoms with van der Waals surface area (Å²) < 4.78 is 13.8. The third-order valence-electron chi connectivity index (χ3n) is 3.50. The van der Waals surface area contributed by atoms with Crippen LogP contribution in [0.3, 0.4) is 0 Å². The van der Waals surface area contributed by atoms with E-state index in [0.29, 0.717) is 0 Å². The molecule has 0 fully saturated rings. The van der Waals surface area contributed by atoms with Crippen LogP contribution >= 0.6 is 0 Å². The normalized spacial score (nSPS) is 12.4. The van der Waals surface area contributed by atoms with Gasteiger partial charge < -0.3 is 19.5 Å². The lowest BCUT2D eigenvalue weighted by Gasteiger charge is -2.23. The van der Waals surface area contributed by atoms with Crippen LogP contribution < -0.4 is 5.32 Å². The van der Waals surface area contributed by atoms with Gasteiger partial charge >= 0.3 is 17.9 Å². The Morgan fingerprint density at radius 2 is 1.52 bits per heavy atom. The minimum atomic E-state index is -1.37. The molecular weight excluding hydrogens is 330 g/mol. The molecule has 136 valence electrons. The summed E-state index contributed by atoms with van der Waals surface area (Å²) in [7, 11) is 3.38. The molecule has 0 aliphatic rings. The minimum absolute atomic E-state index is 0.000448. The highest BCUT2D eigenvalue weighted by Crippen LogP contribution is 2.15. The predicted molar refractivity (Wildman–Crippen MR) is 86.2 cm³/mol. The molecule has 0 heterocycles. The number of ether oxygens (including phenoxy) is 3. The third-order valence-corrected chi connectivity index (χ3v) is 3.50. The fourth-order valence-electron chi connectivity index (χ4n) is 2.21. The molecule has 0 radical (unpaired) electrons. The summed E-state index contributed by atoms with van der Waals surface area (Å²) in [6.45, 7) is 0. The molecule has 0 unspecified atom stereocenters. The molecule has 0 aromatic heterocycles. The predicted octanol–water partition coefficient (Wildman–Crippen LogP) is 0.239. The minimum Gasteiger partial charge on any atom is -0.469 e. The highest BCUT2D eigenvalue weighted by Gasteiger charge is 2.38. The Bertz CT molecular complexity index is 615. The van der Waals surface area contributed by atoms with Crippen molar-refractivity contribution in [2.75, 3.05) is 21.3 Å². The van der Waals surface area contributed by atoms with Crippen LogP contribution in [0.2, 0.25) is 0 Å². The number of hydrogen-bond donors (Lipinski definition) is 1. The summed E-state index contributed by atoms with van der Waals surface area (Å²) in [6.07, 6.45) is -0.436. The van der Waals surface area contributed by atoms with Gasteiger partial charge in [0.15, 0.2) is 0 Å². The van der Waals surface area contributed by atoms with Crippen molar-refractivity contribution in [3.8, 4) is 0 Å². The molecule has 1 aromatic carbocycles. The molecule has 0 bridgehead atoms. The van der Waals surface area contributed by atoms with E-state index in [2.05, 4.69) is 19.5 Å². The van der Waals surface area contributed by atoms with E-state index in [9.17, 15) is 19.2 Å². The van der Waals surface area contributed by atoms with E-state index >= 15 is 0 Å². The molecule has 0 aliphatic heterocycles. The van der Waals surface area contributed by atoms with Crippen molar-refractivity contribution in [2.45, 2.75) is 18.9 Å². The topological polar surface area (TPSA) is 108 Å². The lowest BCUT2D eigenvalue weighted by molar-refractivity contribution is -0.159. The van der Waals surface area contributed by atoms with Crippen LogP contribution in [0.5, 0.6) is 0 Å². The van der Waals surface area contributed by atoms with Gasteiger partial charge in [0.25, 0.3) is 0 Å². The summed E-state index contributed by atoms with van der Waals surface area (Å²) in [4.78, 5) is 47.8. The van der Waals surface area contributed by atoms with Gasteiger partial charge in [0.1, 0.15) is 6.04 Å². The summed E-state index contributed by atoms with van der Waals surface area (Å²) in [5, 5.41) is 2.44. The average Bonchev–Trinajstić information content (AvgIpc) is 2.63. The Balaban J connectivity index is 2.95. The van der Waals surface area contributed by atoms with Crippen LogP contribution in [-0.2, 0) is 39.8 Å². The Hall–Kier alpha value is -2.90. The lowest BCUT2D eigenvalue weighted by Crippen LogP contribution is -2.50. The van der Waals surface area contributed by atoms with Crippen molar-refractivity contribution in [1.29, 1.82) is 0 Å². The second kappa shape index (κ2) is 10.1. The van der Waals surface area contributed by atoms with Crippen molar-refractivity contribution < 1.29 is 33.4 Å². The summed E-state index contributed by atoms with van der Waals surface area (Å²) in [5.74, 6) is -4.17. The maximum atomic E-state index is 12.2. The van der Waals surface area contributed by atoms with Gasteiger partial charge in [-0.25, -0.2) is 4.79 Å². The maximum absolute atomic E-state index is 12.2. The quantitative estimate of drug-likeness (QED) is 0.528. The summed E-state index contributed by atoms with van der Waals surface area (Å²) in [6, 6.07) is 7.48. The van der Waals surface area contributed by atoms with Crippen LogP contribution in [0.25, 0.3) is 0 Å². The second-order valence-electron chi connectivity index (χ2n) is 5.14. The Kier molecular flexibility index (Phi) is 8.11. The molecular formula is C17H21NO7. The van der Waals surface area contributed by atoms with E-state index in [4.69, 9.17) is 0 Å². The second-order valence-corrected chi connectivity index (χ2v) is 5.14. The molecule has 1 N–H and O–H groups in total. The van der Waals surface area contributed by atoms with Crippen molar-refractivity contribution >= 4 is 23.8 Å². The number of carbonyl (C=O) groups excluding carboxylic acids is 4. The van der Waals surface area contributed by atoms with Crippen LogP contribution in [-0.4, -0.2) is 51.2 Å². The van der Waals surface area contributed by atoms with Crippen LogP contribution in [0, 0.1) is 5.92 Å². The fraction of sp³-hybridized carbons (Fsp3) is 0.412. The molecule has 0 spiro atoms. The number of carbonyl (C=O) groups is 4. The zero-order valence-electron chi connectivity index (χ0n) is 14.3. The number of methoxy groups -OCH3 is 3. The van der Waals surface area contributed by atoms with E-state index in [1.54, 1.807) is 24.3 Å². The van der Waals surface area contributed by atoms with E-state index < -0.39 is 42.2 Å². The average molecular weight is 351 g/mol. The first-order valence-electron chi connectivity index (χ1n) is 7.48. The zero-order chi connectivity index (χ0) is 18.8. The largest absolute Gasteiger partial charge is 0.469 e. The molecule has 0 saturated carbocycles. The molecule has 2 atom stereocenters. The van der Waals surface area contributed by atoms with Gasteiger partial charge in [-0.3, -0.25) is 14.4 Å². The molecule has 1 rings (SSSR count). The molecule has 1 aromatic rings. The first-order valence-corrected chi connectivity index (χ1v) is 7.48. The van der Waals surface area contributed by atoms with Crippen molar-refractivity contribution in [3.63, 3.8) is 0 Å². The number of esters is 3. The van der Waals surface area contributed by atoms with Gasteiger partial charge in [-0.15, -0.1) is 0 Å². The molecule has 8 heteroatoms. The first-order chi connectivity index (χ1) is 11.9. The van der Waals surface area contributed by atoms with Crippen LogP contribution in [0.1, 0.15) is 12.0 Å². The van der Waals surface area contributed by atoms with Gasteiger partial charge in [0, 0.05) is 0 Å². The van der Waals surface area contributed by atoms with E-state index in [1.807, 2.05) is 6.07 Å². The van der Waals surface area contributed by atoms with E-state index in [1.165, 1.54) is 0 Å². The summed E-state index contributed by atoms with van der Waals surface area (Å²) in [5.41, 5.74) is 0.728. The molecule has 0 saturated heterocycles. The number of benzene rings is 1. The monoisotopic (exact) mass is 351 g/mol. The zero-order valence-corrected chi connectivity index (χ0v) is 14.3. The molecule has 8 nitrogen and oxygen atoms in total. The Morgan fingerprint density at radius 3 is 2.04 bits per heavy atom. The van der Waals surface area contributed by atoms with Gasteiger partial charge in [-0.2, -0.15) is 0 Å². The highest BCUT2D eigenvalue weighted by molar-refractivity contribution is 5.91. The van der Waals surface area contributed by atoms with Gasteiger partial charge in [0.05, 0.1) is 40.1 Å². The lowest BCUT2D eigenvalue weighted by atomic mass is 9.95. The molecule has 1 amide bonds. The van der Waals surface area contributed by atoms with Crippen molar-refractivity contribution in [3.05, 3.63) is 35.9 Å². The molecule has 0 aliphatic carbocycles. The number of amides is 1. The SMILES string of the molecule is COC(=O)C[C@H](C(=O)OC)[C@@H](NC(=O)Cc1ccccc1)C(=O)OC. The maximum Gasteiger partial charge on any atom is 0.329 e. The fourth-order valence-corrected chi connectivity index (χ4v) is 2.21. The first kappa shape index (κ1) is 20.1. The Morgan fingerprint density at radius 1 is 0.920 bits per heavy atom. The van der Waals surface area contributed by atoms with Gasteiger partial charge in [-0.1, -0.05) is 30.3 Å². The van der Waals surface area contributed by atoms with Gasteiger partial charge in [-0.05, 0) is 5.56 Å². The molecule has 25 heavy (non-hydrogen) atoms. The Labute approximate surface area is 145 Å². The van der Waals surface area contributed by atoms with E-state index in [0.717, 1.165) is 26.9 Å². The summed E-state index contributed by atoms with van der Waals surface area (Å²) >= 11 is 0. The number of hydrogen-bond acceptors (Lipinski definition) is 7. The van der Waals surface area contributed by atoms with Crippen LogP contribution in [0.4, 0.5) is 0 Å². The number of rotatable bonds is 8. The van der Waals surface area contributed by atoms with Crippen LogP contribution in [0.15, 0.2) is 30.3 Å². The van der Waals surface area contributed by atoms with Crippen molar-refractivity contribution in [2.24, 2.45) is 5.92 Å². The third kappa shape index (κ3) is 6.25.